The van der Waals surface area contributed by atoms with Crippen LogP contribution in [0.25, 0.3) is 20.2 Å². The highest BCUT2D eigenvalue weighted by atomic mass is 32.1. The average molecular weight is 360 g/mol. The van der Waals surface area contributed by atoms with Crippen molar-refractivity contribution in [2.45, 2.75) is 6.42 Å². The molecule has 0 aliphatic carbocycles. The lowest BCUT2D eigenvalue weighted by molar-refractivity contribution is 0.0603. The van der Waals surface area contributed by atoms with E-state index in [0.29, 0.717) is 21.0 Å². The van der Waals surface area contributed by atoms with Crippen molar-refractivity contribution >= 4 is 37.5 Å². The molecule has 0 fully saturated rings. The molecule has 0 aliphatic rings. The number of carbonyl (C=O) groups excluding carboxylic acids is 1. The lowest BCUT2D eigenvalue weighted by Gasteiger charge is -2.07. The van der Waals surface area contributed by atoms with E-state index >= 15 is 0 Å². The summed E-state index contributed by atoms with van der Waals surface area (Å²) in [5, 5.41) is 1.24. The smallest absolute Gasteiger partial charge is 0.339 e. The lowest BCUT2D eigenvalue weighted by Crippen LogP contribution is -2.06. The number of ether oxygens (including phenoxy) is 1. The summed E-state index contributed by atoms with van der Waals surface area (Å²) in [5.41, 5.74) is 2.73. The summed E-state index contributed by atoms with van der Waals surface area (Å²) in [6.45, 7) is 0. The minimum Gasteiger partial charge on any atom is -0.465 e. The molecule has 0 N–H and O–H groups in total. The van der Waals surface area contributed by atoms with Gasteiger partial charge in [0.15, 0.2) is 5.43 Å². The molecule has 4 rings (SSSR count). The predicted octanol–water partition coefficient (Wildman–Crippen LogP) is 4.79. The molecule has 0 aliphatic heterocycles. The summed E-state index contributed by atoms with van der Waals surface area (Å²) in [4.78, 5) is 24.9. The van der Waals surface area contributed by atoms with E-state index in [1.54, 1.807) is 18.2 Å². The van der Waals surface area contributed by atoms with Crippen LogP contribution in [-0.4, -0.2) is 13.1 Å². The van der Waals surface area contributed by atoms with E-state index in [1.807, 2.05) is 36.4 Å². The minimum absolute atomic E-state index is 0.0502. The summed E-state index contributed by atoms with van der Waals surface area (Å²) in [5.74, 6) is -0.425. The summed E-state index contributed by atoms with van der Waals surface area (Å²) in [6, 6.07) is 21.3. The second-order valence-corrected chi connectivity index (χ2v) is 7.15. The normalized spacial score (nSPS) is 11.0. The molecule has 0 bridgehead atoms. The second kappa shape index (κ2) is 6.73. The molecule has 0 spiro atoms. The van der Waals surface area contributed by atoms with Crippen molar-refractivity contribution in [3.05, 3.63) is 93.6 Å². The van der Waals surface area contributed by atoms with Crippen LogP contribution in [0.4, 0.5) is 0 Å². The first-order valence-electron chi connectivity index (χ1n) is 8.28. The Morgan fingerprint density at radius 2 is 1.73 bits per heavy atom. The molecule has 0 unspecified atom stereocenters. The van der Waals surface area contributed by atoms with Crippen LogP contribution in [0.5, 0.6) is 0 Å². The van der Waals surface area contributed by atoms with E-state index < -0.39 is 5.97 Å². The Morgan fingerprint density at radius 3 is 2.50 bits per heavy atom. The molecule has 0 saturated carbocycles. The van der Waals surface area contributed by atoms with Crippen LogP contribution >= 0.6 is 11.3 Å². The fourth-order valence-corrected chi connectivity index (χ4v) is 4.36. The number of carbonyl (C=O) groups is 1. The van der Waals surface area contributed by atoms with Gasteiger partial charge in [-0.2, -0.15) is 0 Å². The van der Waals surface area contributed by atoms with E-state index in [0.717, 1.165) is 16.7 Å². The highest BCUT2D eigenvalue weighted by molar-refractivity contribution is 7.24. The fourth-order valence-electron chi connectivity index (χ4n) is 3.13. The molecular formula is C22H16O3S. The fraction of sp³-hybridized carbons (Fsp3) is 0.0909. The highest BCUT2D eigenvalue weighted by Gasteiger charge is 2.14. The highest BCUT2D eigenvalue weighted by Crippen LogP contribution is 2.29. The van der Waals surface area contributed by atoms with Crippen LogP contribution in [0.2, 0.25) is 0 Å². The van der Waals surface area contributed by atoms with Gasteiger partial charge in [-0.1, -0.05) is 42.5 Å². The van der Waals surface area contributed by atoms with Gasteiger partial charge in [0, 0.05) is 15.5 Å². The maximum absolute atomic E-state index is 12.9. The zero-order valence-electron chi connectivity index (χ0n) is 14.2. The summed E-state index contributed by atoms with van der Waals surface area (Å²) in [7, 11) is 1.35. The van der Waals surface area contributed by atoms with Crippen LogP contribution in [0, 0.1) is 0 Å². The van der Waals surface area contributed by atoms with Crippen molar-refractivity contribution in [1.29, 1.82) is 0 Å². The van der Waals surface area contributed by atoms with Gasteiger partial charge in [-0.15, -0.1) is 11.3 Å². The Bertz CT molecular complexity index is 1180. The van der Waals surface area contributed by atoms with Gasteiger partial charge >= 0.3 is 5.97 Å². The van der Waals surface area contributed by atoms with Gasteiger partial charge in [0.1, 0.15) is 0 Å². The van der Waals surface area contributed by atoms with Crippen LogP contribution in [-0.2, 0) is 11.2 Å². The van der Waals surface area contributed by atoms with Crippen LogP contribution in [0.3, 0.4) is 0 Å². The zero-order valence-corrected chi connectivity index (χ0v) is 15.0. The van der Waals surface area contributed by atoms with E-state index in [2.05, 4.69) is 12.1 Å². The molecule has 26 heavy (non-hydrogen) atoms. The average Bonchev–Trinajstić information content (AvgIpc) is 2.68. The van der Waals surface area contributed by atoms with Gasteiger partial charge in [-0.3, -0.25) is 4.79 Å². The van der Waals surface area contributed by atoms with Gasteiger partial charge in [0.05, 0.1) is 17.4 Å². The van der Waals surface area contributed by atoms with Crippen molar-refractivity contribution in [3.63, 3.8) is 0 Å². The minimum atomic E-state index is -0.425. The quantitative estimate of drug-likeness (QED) is 0.390. The Balaban J connectivity index is 1.91. The molecule has 3 aromatic carbocycles. The standard InChI is InChI=1S/C22H16O3S/c1-25-22(24)18-9-5-8-17-20(23)16-11-10-15(13-19(16)26-21(17)18)12-14-6-3-2-4-7-14/h2-11,13H,12H2,1H3. The number of hydrogen-bond donors (Lipinski definition) is 0. The molecule has 1 aromatic heterocycles. The molecule has 0 radical (unpaired) electrons. The van der Waals surface area contributed by atoms with Crippen molar-refractivity contribution in [3.8, 4) is 0 Å². The van der Waals surface area contributed by atoms with Crippen LogP contribution in [0.1, 0.15) is 21.5 Å². The number of hydrogen-bond acceptors (Lipinski definition) is 4. The Kier molecular flexibility index (Phi) is 4.27. The zero-order chi connectivity index (χ0) is 18.1. The first-order chi connectivity index (χ1) is 12.7. The molecule has 1 heterocycles. The largest absolute Gasteiger partial charge is 0.465 e. The van der Waals surface area contributed by atoms with E-state index in [-0.39, 0.29) is 5.43 Å². The number of rotatable bonds is 3. The predicted molar refractivity (Wildman–Crippen MR) is 106 cm³/mol. The van der Waals surface area contributed by atoms with Gasteiger partial charge in [-0.25, -0.2) is 4.79 Å². The molecule has 4 aromatic rings. The van der Waals surface area contributed by atoms with Gasteiger partial charge in [-0.05, 0) is 41.8 Å². The third-order valence-electron chi connectivity index (χ3n) is 4.42. The summed E-state index contributed by atoms with van der Waals surface area (Å²) >= 11 is 1.46. The third-order valence-corrected chi connectivity index (χ3v) is 5.62. The van der Waals surface area contributed by atoms with Crippen LogP contribution in [0.15, 0.2) is 71.5 Å². The molecule has 0 amide bonds. The van der Waals surface area contributed by atoms with E-state index in [4.69, 9.17) is 4.74 Å². The van der Waals surface area contributed by atoms with Gasteiger partial charge in [0.2, 0.25) is 0 Å². The summed E-state index contributed by atoms with van der Waals surface area (Å²) in [6.07, 6.45) is 0.800. The topological polar surface area (TPSA) is 43.4 Å². The molecule has 0 saturated heterocycles. The number of fused-ring (bicyclic) bond motifs is 2. The van der Waals surface area contributed by atoms with Crippen molar-refractivity contribution < 1.29 is 9.53 Å². The number of esters is 1. The first-order valence-corrected chi connectivity index (χ1v) is 9.10. The third kappa shape index (κ3) is 2.89. The maximum Gasteiger partial charge on any atom is 0.339 e. The van der Waals surface area contributed by atoms with Gasteiger partial charge in [0.25, 0.3) is 0 Å². The Morgan fingerprint density at radius 1 is 0.923 bits per heavy atom. The maximum atomic E-state index is 12.9. The number of benzene rings is 3. The monoisotopic (exact) mass is 360 g/mol. The SMILES string of the molecule is COC(=O)c1cccc2c(=O)c3ccc(Cc4ccccc4)cc3sc12. The number of methoxy groups -OCH3 is 1. The summed E-state index contributed by atoms with van der Waals surface area (Å²) < 4.78 is 6.42. The second-order valence-electron chi connectivity index (χ2n) is 6.10. The molecular weight excluding hydrogens is 344 g/mol. The molecule has 3 nitrogen and oxygen atoms in total. The van der Waals surface area contributed by atoms with Crippen LogP contribution < -0.4 is 5.43 Å². The van der Waals surface area contributed by atoms with Crippen molar-refractivity contribution in [2.75, 3.05) is 7.11 Å². The van der Waals surface area contributed by atoms with Crippen molar-refractivity contribution in [1.82, 2.24) is 0 Å². The van der Waals surface area contributed by atoms with Crippen molar-refractivity contribution in [2.24, 2.45) is 0 Å². The molecule has 4 heteroatoms. The van der Waals surface area contributed by atoms with Gasteiger partial charge < -0.3 is 4.74 Å². The molecule has 0 atom stereocenters. The van der Waals surface area contributed by atoms with E-state index in [1.165, 1.54) is 24.0 Å². The first kappa shape index (κ1) is 16.5. The lowest BCUT2D eigenvalue weighted by atomic mass is 10.0. The Hall–Kier alpha value is -2.98. The van der Waals surface area contributed by atoms with E-state index in [9.17, 15) is 9.59 Å². The Labute approximate surface area is 154 Å². The molecule has 128 valence electrons.